The first-order chi connectivity index (χ1) is 12.7. The van der Waals surface area contributed by atoms with E-state index in [0.29, 0.717) is 18.2 Å². The number of hydrogen-bond donors (Lipinski definition) is 3. The summed E-state index contributed by atoms with van der Waals surface area (Å²) in [6, 6.07) is 5.19. The van der Waals surface area contributed by atoms with Crippen molar-refractivity contribution in [3.63, 3.8) is 0 Å². The Morgan fingerprint density at radius 1 is 1.41 bits per heavy atom. The summed E-state index contributed by atoms with van der Waals surface area (Å²) in [5.41, 5.74) is 0.747. The summed E-state index contributed by atoms with van der Waals surface area (Å²) in [4.78, 5) is 11.2. The zero-order valence-electron chi connectivity index (χ0n) is 15.7. The summed E-state index contributed by atoms with van der Waals surface area (Å²) in [5, 5.41) is 20.3. The SMILES string of the molecule is CCNC(=NCc1cc(OC)ccc1O)N1CCC(c2ncn[nH]2)CC1.I. The van der Waals surface area contributed by atoms with E-state index in [-0.39, 0.29) is 29.7 Å². The van der Waals surface area contributed by atoms with E-state index in [9.17, 15) is 5.11 Å². The third kappa shape index (κ3) is 5.47. The molecule has 1 aromatic carbocycles. The Bertz CT molecular complexity index is 729. The molecule has 0 amide bonds. The number of ether oxygens (including phenoxy) is 1. The molecule has 0 atom stereocenters. The van der Waals surface area contributed by atoms with Crippen LogP contribution in [0.2, 0.25) is 0 Å². The number of phenolic OH excluding ortho intramolecular Hbond substituents is 1. The molecule has 3 rings (SSSR count). The van der Waals surface area contributed by atoms with Gasteiger partial charge in [-0.15, -0.1) is 24.0 Å². The number of piperidine rings is 1. The van der Waals surface area contributed by atoms with Crippen molar-refractivity contribution >= 4 is 29.9 Å². The van der Waals surface area contributed by atoms with Crippen LogP contribution in [0.25, 0.3) is 0 Å². The van der Waals surface area contributed by atoms with E-state index in [2.05, 4.69) is 32.3 Å². The standard InChI is InChI=1S/C18H26N6O2.HI/c1-3-19-18(20-11-14-10-15(26-2)4-5-16(14)25)24-8-6-13(7-9-24)17-21-12-22-23-17;/h4-5,10,12-13,25H,3,6-9,11H2,1-2H3,(H,19,20)(H,21,22,23);1H. The first kappa shape index (κ1) is 21.3. The molecule has 2 aromatic rings. The van der Waals surface area contributed by atoms with Crippen LogP contribution in [0.4, 0.5) is 0 Å². The molecule has 2 heterocycles. The Morgan fingerprint density at radius 3 is 2.81 bits per heavy atom. The number of aromatic nitrogens is 3. The fraction of sp³-hybridized carbons (Fsp3) is 0.500. The van der Waals surface area contributed by atoms with Crippen LogP contribution in [0.15, 0.2) is 29.5 Å². The minimum Gasteiger partial charge on any atom is -0.508 e. The third-order valence-corrected chi connectivity index (χ3v) is 4.64. The molecule has 0 aliphatic carbocycles. The van der Waals surface area contributed by atoms with Crippen molar-refractivity contribution in [3.8, 4) is 11.5 Å². The molecule has 0 bridgehead atoms. The number of nitrogens with zero attached hydrogens (tertiary/aromatic N) is 4. The summed E-state index contributed by atoms with van der Waals surface area (Å²) in [6.45, 7) is 5.06. The number of guanidine groups is 1. The number of rotatable bonds is 5. The lowest BCUT2D eigenvalue weighted by Gasteiger charge is -2.33. The largest absolute Gasteiger partial charge is 0.508 e. The fourth-order valence-corrected chi connectivity index (χ4v) is 3.18. The highest BCUT2D eigenvalue weighted by Crippen LogP contribution is 2.26. The monoisotopic (exact) mass is 486 g/mol. The van der Waals surface area contributed by atoms with Gasteiger partial charge in [-0.3, -0.25) is 5.10 Å². The van der Waals surface area contributed by atoms with E-state index in [1.54, 1.807) is 25.6 Å². The highest BCUT2D eigenvalue weighted by Gasteiger charge is 2.24. The van der Waals surface area contributed by atoms with E-state index in [1.165, 1.54) is 0 Å². The molecular weight excluding hydrogens is 459 g/mol. The Kier molecular flexibility index (Phi) is 8.14. The maximum absolute atomic E-state index is 10.0. The van der Waals surface area contributed by atoms with Gasteiger partial charge >= 0.3 is 0 Å². The van der Waals surface area contributed by atoms with Crippen molar-refractivity contribution in [2.75, 3.05) is 26.7 Å². The molecule has 1 aromatic heterocycles. The average molecular weight is 486 g/mol. The summed E-state index contributed by atoms with van der Waals surface area (Å²) < 4.78 is 5.23. The third-order valence-electron chi connectivity index (χ3n) is 4.64. The molecule has 148 valence electrons. The van der Waals surface area contributed by atoms with Gasteiger partial charge in [-0.2, -0.15) is 5.10 Å². The Morgan fingerprint density at radius 2 is 2.19 bits per heavy atom. The molecule has 27 heavy (non-hydrogen) atoms. The van der Waals surface area contributed by atoms with Crippen molar-refractivity contribution in [2.45, 2.75) is 32.2 Å². The van der Waals surface area contributed by atoms with Crippen LogP contribution >= 0.6 is 24.0 Å². The molecule has 0 unspecified atom stereocenters. The van der Waals surface area contributed by atoms with Gasteiger partial charge in [-0.05, 0) is 38.0 Å². The minimum absolute atomic E-state index is 0. The zero-order valence-corrected chi connectivity index (χ0v) is 18.0. The minimum atomic E-state index is 0. The second-order valence-corrected chi connectivity index (χ2v) is 6.30. The Labute approximate surface area is 176 Å². The lowest BCUT2D eigenvalue weighted by Crippen LogP contribution is -2.45. The molecular formula is C18H27IN6O2. The Balaban J connectivity index is 0.00000261. The van der Waals surface area contributed by atoms with Gasteiger partial charge in [0.2, 0.25) is 0 Å². The van der Waals surface area contributed by atoms with Gasteiger partial charge in [0.1, 0.15) is 23.7 Å². The molecule has 9 heteroatoms. The van der Waals surface area contributed by atoms with Gasteiger partial charge < -0.3 is 20.1 Å². The van der Waals surface area contributed by atoms with Crippen LogP contribution < -0.4 is 10.1 Å². The molecule has 0 spiro atoms. The zero-order chi connectivity index (χ0) is 18.4. The van der Waals surface area contributed by atoms with Crippen LogP contribution in [0.5, 0.6) is 11.5 Å². The van der Waals surface area contributed by atoms with E-state index in [4.69, 9.17) is 9.73 Å². The maximum Gasteiger partial charge on any atom is 0.194 e. The number of methoxy groups -OCH3 is 1. The summed E-state index contributed by atoms with van der Waals surface area (Å²) in [5.74, 6) is 3.19. The Hall–Kier alpha value is -2.04. The van der Waals surface area contributed by atoms with E-state index < -0.39 is 0 Å². The van der Waals surface area contributed by atoms with Gasteiger partial charge in [-0.25, -0.2) is 9.98 Å². The normalized spacial score (nSPS) is 15.3. The van der Waals surface area contributed by atoms with Crippen LogP contribution in [-0.2, 0) is 6.54 Å². The van der Waals surface area contributed by atoms with Gasteiger partial charge in [0, 0.05) is 31.1 Å². The summed E-state index contributed by atoms with van der Waals surface area (Å²) >= 11 is 0. The van der Waals surface area contributed by atoms with Crippen molar-refractivity contribution < 1.29 is 9.84 Å². The number of hydrogen-bond acceptors (Lipinski definition) is 5. The molecule has 1 fully saturated rings. The fourth-order valence-electron chi connectivity index (χ4n) is 3.18. The second kappa shape index (κ2) is 10.3. The molecule has 0 saturated carbocycles. The van der Waals surface area contributed by atoms with Crippen LogP contribution in [0.3, 0.4) is 0 Å². The molecule has 1 aliphatic heterocycles. The highest BCUT2D eigenvalue weighted by atomic mass is 127. The van der Waals surface area contributed by atoms with Crippen molar-refractivity contribution in [3.05, 3.63) is 35.9 Å². The van der Waals surface area contributed by atoms with Gasteiger partial charge in [0.05, 0.1) is 13.7 Å². The lowest BCUT2D eigenvalue weighted by atomic mass is 9.96. The number of nitrogens with one attached hydrogen (secondary N) is 2. The van der Waals surface area contributed by atoms with Crippen molar-refractivity contribution in [1.82, 2.24) is 25.4 Å². The molecule has 1 saturated heterocycles. The number of aromatic amines is 1. The number of halogens is 1. The molecule has 3 N–H and O–H groups in total. The second-order valence-electron chi connectivity index (χ2n) is 6.30. The first-order valence-electron chi connectivity index (χ1n) is 8.95. The number of H-pyrrole nitrogens is 1. The number of aliphatic imine (C=N–C) groups is 1. The average Bonchev–Trinajstić information content (AvgIpc) is 3.21. The smallest absolute Gasteiger partial charge is 0.194 e. The van der Waals surface area contributed by atoms with Gasteiger partial charge in [0.15, 0.2) is 5.96 Å². The van der Waals surface area contributed by atoms with Crippen molar-refractivity contribution in [2.24, 2.45) is 4.99 Å². The number of likely N-dealkylation sites (tertiary alicyclic amines) is 1. The van der Waals surface area contributed by atoms with Crippen molar-refractivity contribution in [1.29, 1.82) is 0 Å². The van der Waals surface area contributed by atoms with E-state index in [1.807, 2.05) is 6.07 Å². The summed E-state index contributed by atoms with van der Waals surface area (Å²) in [6.07, 6.45) is 3.57. The predicted molar refractivity (Wildman–Crippen MR) is 115 cm³/mol. The topological polar surface area (TPSA) is 98.7 Å². The molecule has 0 radical (unpaired) electrons. The predicted octanol–water partition coefficient (Wildman–Crippen LogP) is 2.48. The van der Waals surface area contributed by atoms with E-state index >= 15 is 0 Å². The summed E-state index contributed by atoms with van der Waals surface area (Å²) in [7, 11) is 1.61. The molecule has 8 nitrogen and oxygen atoms in total. The van der Waals surface area contributed by atoms with Crippen LogP contribution in [-0.4, -0.2) is 57.9 Å². The van der Waals surface area contributed by atoms with Gasteiger partial charge in [-0.1, -0.05) is 0 Å². The van der Waals surface area contributed by atoms with Crippen LogP contribution in [0.1, 0.15) is 37.1 Å². The number of aromatic hydroxyl groups is 1. The quantitative estimate of drug-likeness (QED) is 0.341. The lowest BCUT2D eigenvalue weighted by molar-refractivity contribution is 0.298. The maximum atomic E-state index is 10.0. The molecule has 1 aliphatic rings. The van der Waals surface area contributed by atoms with Crippen LogP contribution in [0, 0.1) is 0 Å². The number of phenols is 1. The number of benzene rings is 1. The van der Waals surface area contributed by atoms with Gasteiger partial charge in [0.25, 0.3) is 0 Å². The first-order valence-corrected chi connectivity index (χ1v) is 8.95. The van der Waals surface area contributed by atoms with E-state index in [0.717, 1.165) is 49.8 Å². The highest BCUT2D eigenvalue weighted by molar-refractivity contribution is 14.0.